The van der Waals surface area contributed by atoms with Crippen LogP contribution in [-0.2, 0) is 16.6 Å². The van der Waals surface area contributed by atoms with Crippen molar-refractivity contribution < 1.29 is 12.9 Å². The molecular weight excluding hydrogens is 304 g/mol. The van der Waals surface area contributed by atoms with E-state index >= 15 is 0 Å². The fraction of sp³-hybridized carbons (Fsp3) is 0.273. The number of benzene rings is 1. The average Bonchev–Trinajstić information content (AvgIpc) is 2.77. The highest BCUT2D eigenvalue weighted by Gasteiger charge is 2.20. The molecule has 3 N–H and O–H groups in total. The lowest BCUT2D eigenvalue weighted by Crippen LogP contribution is -2.24. The van der Waals surface area contributed by atoms with Crippen molar-refractivity contribution in [3.8, 4) is 0 Å². The Bertz CT molecular complexity index is 742. The lowest BCUT2D eigenvalue weighted by atomic mass is 10.2. The largest absolute Gasteiger partial charge is 0.398 e. The second-order valence-corrected chi connectivity index (χ2v) is 6.34. The minimum Gasteiger partial charge on any atom is -0.398 e. The molecule has 0 atom stereocenters. The summed E-state index contributed by atoms with van der Waals surface area (Å²) >= 11 is 5.95. The molecule has 0 spiro atoms. The quantitative estimate of drug-likeness (QED) is 0.825. The Morgan fingerprint density at radius 2 is 2.10 bits per heavy atom. The molecule has 20 heavy (non-hydrogen) atoms. The van der Waals surface area contributed by atoms with Crippen molar-refractivity contribution in [2.24, 2.45) is 0 Å². The maximum absolute atomic E-state index is 12.2. The second-order valence-electron chi connectivity index (χ2n) is 4.19. The van der Waals surface area contributed by atoms with Crippen LogP contribution in [-0.4, -0.2) is 18.6 Å². The normalized spacial score (nSPS) is 11.8. The third-order valence-corrected chi connectivity index (χ3v) is 4.47. The Kier molecular flexibility index (Phi) is 3.98. The summed E-state index contributed by atoms with van der Waals surface area (Å²) in [6.45, 7) is 3.26. The van der Waals surface area contributed by atoms with Crippen molar-refractivity contribution in [2.75, 3.05) is 5.73 Å². The molecule has 0 aliphatic heterocycles. The van der Waals surface area contributed by atoms with Crippen LogP contribution in [0, 0.1) is 13.8 Å². The van der Waals surface area contributed by atoms with Gasteiger partial charge < -0.3 is 10.3 Å². The fourth-order valence-corrected chi connectivity index (χ4v) is 3.12. The zero-order chi connectivity index (χ0) is 14.9. The van der Waals surface area contributed by atoms with Gasteiger partial charge in [0.2, 0.25) is 15.9 Å². The van der Waals surface area contributed by atoms with Crippen LogP contribution >= 0.6 is 11.6 Å². The van der Waals surface area contributed by atoms with Gasteiger partial charge >= 0.3 is 0 Å². The lowest BCUT2D eigenvalue weighted by Gasteiger charge is -2.09. The number of anilines is 1. The van der Waals surface area contributed by atoms with Crippen LogP contribution in [0.1, 0.15) is 17.3 Å². The highest BCUT2D eigenvalue weighted by atomic mass is 35.5. The summed E-state index contributed by atoms with van der Waals surface area (Å²) in [7, 11) is -3.80. The van der Waals surface area contributed by atoms with Gasteiger partial charge in [-0.1, -0.05) is 16.8 Å². The van der Waals surface area contributed by atoms with Gasteiger partial charge in [-0.25, -0.2) is 13.1 Å². The summed E-state index contributed by atoms with van der Waals surface area (Å²) in [5, 5.41) is 3.70. The van der Waals surface area contributed by atoms with E-state index in [-0.39, 0.29) is 22.3 Å². The van der Waals surface area contributed by atoms with Gasteiger partial charge in [0.25, 0.3) is 0 Å². The number of rotatable bonds is 4. The first kappa shape index (κ1) is 14.8. The number of nitrogens with zero attached hydrogens (tertiary/aromatic N) is 2. The number of nitrogens with one attached hydrogen (secondary N) is 1. The smallest absolute Gasteiger partial charge is 0.242 e. The Morgan fingerprint density at radius 3 is 2.70 bits per heavy atom. The van der Waals surface area contributed by atoms with Crippen LogP contribution < -0.4 is 10.5 Å². The first-order valence-corrected chi connectivity index (χ1v) is 7.50. The monoisotopic (exact) mass is 316 g/mol. The standard InChI is InChI=1S/C11H13ClN4O3S/c1-6-3-8(12)10(4-9(6)13)20(17,18)14-5-11-15-7(2)19-16-11/h3-4,14H,5,13H2,1-2H3. The molecule has 9 heteroatoms. The third kappa shape index (κ3) is 3.09. The first-order valence-electron chi connectivity index (χ1n) is 5.64. The molecule has 7 nitrogen and oxygen atoms in total. The van der Waals surface area contributed by atoms with Crippen LogP contribution in [0.25, 0.3) is 0 Å². The minimum atomic E-state index is -3.80. The molecule has 1 heterocycles. The van der Waals surface area contributed by atoms with Crippen molar-refractivity contribution in [2.45, 2.75) is 25.3 Å². The van der Waals surface area contributed by atoms with Gasteiger partial charge in [0, 0.05) is 12.6 Å². The molecule has 0 aliphatic rings. The van der Waals surface area contributed by atoms with E-state index in [9.17, 15) is 8.42 Å². The van der Waals surface area contributed by atoms with E-state index in [0.717, 1.165) is 0 Å². The van der Waals surface area contributed by atoms with Gasteiger partial charge in [0.05, 0.1) is 11.6 Å². The van der Waals surface area contributed by atoms with Crippen LogP contribution in [0.15, 0.2) is 21.6 Å². The Morgan fingerprint density at radius 1 is 1.40 bits per heavy atom. The molecule has 0 fully saturated rings. The number of nitrogen functional groups attached to an aromatic ring is 1. The molecule has 108 valence electrons. The number of hydrogen-bond acceptors (Lipinski definition) is 6. The minimum absolute atomic E-state index is 0.0810. The van der Waals surface area contributed by atoms with Crippen molar-refractivity contribution in [3.05, 3.63) is 34.4 Å². The SMILES string of the molecule is Cc1nc(CNS(=O)(=O)c2cc(N)c(C)cc2Cl)no1. The topological polar surface area (TPSA) is 111 Å². The summed E-state index contributed by atoms with van der Waals surface area (Å²) in [6, 6.07) is 2.82. The van der Waals surface area contributed by atoms with E-state index < -0.39 is 10.0 Å². The highest BCUT2D eigenvalue weighted by molar-refractivity contribution is 7.89. The zero-order valence-corrected chi connectivity index (χ0v) is 12.4. The maximum atomic E-state index is 12.2. The van der Waals surface area contributed by atoms with E-state index in [1.165, 1.54) is 12.1 Å². The van der Waals surface area contributed by atoms with Crippen molar-refractivity contribution >= 4 is 27.3 Å². The molecule has 0 saturated heterocycles. The van der Waals surface area contributed by atoms with Gasteiger partial charge in [-0.2, -0.15) is 4.98 Å². The zero-order valence-electron chi connectivity index (χ0n) is 10.8. The lowest BCUT2D eigenvalue weighted by molar-refractivity contribution is 0.387. The molecule has 1 aromatic heterocycles. The van der Waals surface area contributed by atoms with E-state index in [1.54, 1.807) is 13.8 Å². The third-order valence-electron chi connectivity index (χ3n) is 2.60. The first-order chi connectivity index (χ1) is 9.29. The van der Waals surface area contributed by atoms with Crippen molar-refractivity contribution in [3.63, 3.8) is 0 Å². The highest BCUT2D eigenvalue weighted by Crippen LogP contribution is 2.26. The summed E-state index contributed by atoms with van der Waals surface area (Å²) in [5.41, 5.74) is 6.77. The van der Waals surface area contributed by atoms with Crippen LogP contribution in [0.3, 0.4) is 0 Å². The molecule has 0 saturated carbocycles. The Balaban J connectivity index is 2.24. The number of aryl methyl sites for hydroxylation is 2. The van der Waals surface area contributed by atoms with Gasteiger partial charge in [0.1, 0.15) is 4.90 Å². The van der Waals surface area contributed by atoms with Crippen molar-refractivity contribution in [1.29, 1.82) is 0 Å². The summed E-state index contributed by atoms with van der Waals surface area (Å²) in [5.74, 6) is 0.596. The molecule has 2 aromatic rings. The van der Waals surface area contributed by atoms with Crippen LogP contribution in [0.4, 0.5) is 5.69 Å². The Hall–Kier alpha value is -1.64. The molecule has 0 unspecified atom stereocenters. The van der Waals surface area contributed by atoms with Gasteiger partial charge in [-0.15, -0.1) is 0 Å². The fourth-order valence-electron chi connectivity index (χ4n) is 1.52. The summed E-state index contributed by atoms with van der Waals surface area (Å²) in [4.78, 5) is 3.82. The van der Waals surface area contributed by atoms with E-state index in [0.29, 0.717) is 17.1 Å². The van der Waals surface area contributed by atoms with Gasteiger partial charge in [-0.05, 0) is 24.6 Å². The van der Waals surface area contributed by atoms with E-state index in [4.69, 9.17) is 21.9 Å². The molecule has 0 radical (unpaired) electrons. The van der Waals surface area contributed by atoms with E-state index in [2.05, 4.69) is 14.9 Å². The summed E-state index contributed by atoms with van der Waals surface area (Å²) in [6.07, 6.45) is 0. The Labute approximate surface area is 121 Å². The number of hydrogen-bond donors (Lipinski definition) is 2. The molecule has 2 rings (SSSR count). The number of nitrogens with two attached hydrogens (primary N) is 1. The predicted molar refractivity (Wildman–Crippen MR) is 73.7 cm³/mol. The van der Waals surface area contributed by atoms with Gasteiger partial charge in [-0.3, -0.25) is 0 Å². The maximum Gasteiger partial charge on any atom is 0.242 e. The second kappa shape index (κ2) is 5.39. The molecule has 0 bridgehead atoms. The molecular formula is C11H13ClN4O3S. The van der Waals surface area contributed by atoms with E-state index in [1.807, 2.05) is 0 Å². The molecule has 0 amide bonds. The van der Waals surface area contributed by atoms with Crippen molar-refractivity contribution in [1.82, 2.24) is 14.9 Å². The van der Waals surface area contributed by atoms with Gasteiger partial charge in [0.15, 0.2) is 5.82 Å². The average molecular weight is 317 g/mol. The number of halogens is 1. The summed E-state index contributed by atoms with van der Waals surface area (Å²) < 4.78 is 31.4. The van der Waals surface area contributed by atoms with Crippen LogP contribution in [0.5, 0.6) is 0 Å². The number of sulfonamides is 1. The molecule has 0 aliphatic carbocycles. The predicted octanol–water partition coefficient (Wildman–Crippen LogP) is 1.40. The number of aromatic nitrogens is 2. The van der Waals surface area contributed by atoms with Crippen LogP contribution in [0.2, 0.25) is 5.02 Å². The molecule has 1 aromatic carbocycles.